The van der Waals surface area contributed by atoms with E-state index in [-0.39, 0.29) is 12.1 Å². The molecule has 1 unspecified atom stereocenters. The van der Waals surface area contributed by atoms with Crippen molar-refractivity contribution in [2.75, 3.05) is 13.7 Å². The first-order valence-electron chi connectivity index (χ1n) is 6.69. The number of carbonyl (C=O) groups is 1. The molecule has 0 saturated heterocycles. The number of hydrogen-bond donors (Lipinski definition) is 0. The van der Waals surface area contributed by atoms with Crippen molar-refractivity contribution in [2.45, 2.75) is 33.3 Å². The molecule has 0 aliphatic rings. The number of carbonyl (C=O) groups excluding carboxylic acids is 1. The molecular formula is C16H22O4. The molecule has 0 amide bonds. The van der Waals surface area contributed by atoms with Crippen molar-refractivity contribution in [3.8, 4) is 11.5 Å². The topological polar surface area (TPSA) is 44.8 Å². The predicted molar refractivity (Wildman–Crippen MR) is 78.1 cm³/mol. The summed E-state index contributed by atoms with van der Waals surface area (Å²) in [6.07, 6.45) is 2.59. The van der Waals surface area contributed by atoms with Gasteiger partial charge in [-0.15, -0.1) is 0 Å². The molecular weight excluding hydrogens is 256 g/mol. The Bertz CT molecular complexity index is 448. The molecule has 0 heterocycles. The third kappa shape index (κ3) is 5.78. The van der Waals surface area contributed by atoms with Gasteiger partial charge in [-0.05, 0) is 50.1 Å². The smallest absolute Gasteiger partial charge is 0.330 e. The van der Waals surface area contributed by atoms with E-state index in [1.54, 1.807) is 0 Å². The number of esters is 1. The Balaban J connectivity index is 2.49. The first kappa shape index (κ1) is 16.1. The van der Waals surface area contributed by atoms with Crippen molar-refractivity contribution in [1.29, 1.82) is 0 Å². The maximum atomic E-state index is 11.0. The predicted octanol–water partition coefficient (Wildman–Crippen LogP) is 3.36. The zero-order chi connectivity index (χ0) is 15.0. The van der Waals surface area contributed by atoms with Crippen molar-refractivity contribution < 1.29 is 19.0 Å². The Kier molecular flexibility index (Phi) is 6.64. The van der Waals surface area contributed by atoms with E-state index in [9.17, 15) is 4.79 Å². The fourth-order valence-corrected chi connectivity index (χ4v) is 1.43. The highest BCUT2D eigenvalue weighted by Crippen LogP contribution is 2.19. The molecule has 0 fully saturated rings. The minimum absolute atomic E-state index is 0.201. The molecule has 0 N–H and O–H groups in total. The lowest BCUT2D eigenvalue weighted by Gasteiger charge is -2.13. The van der Waals surface area contributed by atoms with Crippen LogP contribution in [0.4, 0.5) is 0 Å². The van der Waals surface area contributed by atoms with Crippen molar-refractivity contribution in [3.05, 3.63) is 35.9 Å². The maximum Gasteiger partial charge on any atom is 0.330 e. The number of ether oxygens (including phenoxy) is 3. The molecule has 0 saturated carbocycles. The van der Waals surface area contributed by atoms with E-state index in [4.69, 9.17) is 9.47 Å². The summed E-state index contributed by atoms with van der Waals surface area (Å²) in [7, 11) is 1.35. The average molecular weight is 278 g/mol. The molecule has 20 heavy (non-hydrogen) atoms. The lowest BCUT2D eigenvalue weighted by molar-refractivity contribution is -0.134. The van der Waals surface area contributed by atoms with Crippen LogP contribution in [0.15, 0.2) is 35.9 Å². The average Bonchev–Trinajstić information content (AvgIpc) is 2.46. The summed E-state index contributed by atoms with van der Waals surface area (Å²) >= 11 is 0. The van der Waals surface area contributed by atoms with E-state index in [0.717, 1.165) is 23.5 Å². The molecule has 0 radical (unpaired) electrons. The maximum absolute atomic E-state index is 11.0. The van der Waals surface area contributed by atoms with Gasteiger partial charge in [0.2, 0.25) is 0 Å². The van der Waals surface area contributed by atoms with Crippen LogP contribution in [0.5, 0.6) is 11.5 Å². The molecule has 0 spiro atoms. The van der Waals surface area contributed by atoms with Crippen molar-refractivity contribution in [2.24, 2.45) is 0 Å². The molecule has 1 aromatic carbocycles. The van der Waals surface area contributed by atoms with Crippen LogP contribution in [0, 0.1) is 0 Å². The molecule has 4 nitrogen and oxygen atoms in total. The SMILES string of the molecule is CCC(C)Oc1ccc(OCC(C)=CC(=O)OC)cc1. The Morgan fingerprint density at radius 3 is 2.40 bits per heavy atom. The van der Waals surface area contributed by atoms with Crippen LogP contribution >= 0.6 is 0 Å². The zero-order valence-electron chi connectivity index (χ0n) is 12.5. The molecule has 0 bridgehead atoms. The summed E-state index contributed by atoms with van der Waals surface area (Å²) in [5.41, 5.74) is 0.803. The van der Waals surface area contributed by atoms with Crippen LogP contribution in [0.25, 0.3) is 0 Å². The Labute approximate surface area is 120 Å². The summed E-state index contributed by atoms with van der Waals surface area (Å²) < 4.78 is 15.8. The van der Waals surface area contributed by atoms with Gasteiger partial charge < -0.3 is 14.2 Å². The van der Waals surface area contributed by atoms with E-state index in [1.165, 1.54) is 13.2 Å². The number of hydrogen-bond acceptors (Lipinski definition) is 4. The molecule has 0 aliphatic carbocycles. The van der Waals surface area contributed by atoms with Gasteiger partial charge in [0.15, 0.2) is 0 Å². The van der Waals surface area contributed by atoms with E-state index < -0.39 is 0 Å². The van der Waals surface area contributed by atoms with Gasteiger partial charge in [0.25, 0.3) is 0 Å². The van der Waals surface area contributed by atoms with Gasteiger partial charge in [-0.2, -0.15) is 0 Å². The fourth-order valence-electron chi connectivity index (χ4n) is 1.43. The standard InChI is InChI=1S/C16H22O4/c1-5-13(3)20-15-8-6-14(7-9-15)19-11-12(2)10-16(17)18-4/h6-10,13H,5,11H2,1-4H3. The number of benzene rings is 1. The zero-order valence-corrected chi connectivity index (χ0v) is 12.5. The van der Waals surface area contributed by atoms with Gasteiger partial charge >= 0.3 is 5.97 Å². The largest absolute Gasteiger partial charge is 0.491 e. The van der Waals surface area contributed by atoms with E-state index in [1.807, 2.05) is 38.1 Å². The lowest BCUT2D eigenvalue weighted by atomic mass is 10.3. The normalized spacial score (nSPS) is 12.7. The van der Waals surface area contributed by atoms with Crippen LogP contribution in [0.2, 0.25) is 0 Å². The molecule has 1 aromatic rings. The van der Waals surface area contributed by atoms with Gasteiger partial charge in [-0.1, -0.05) is 6.92 Å². The Morgan fingerprint density at radius 2 is 1.85 bits per heavy atom. The van der Waals surface area contributed by atoms with Gasteiger partial charge in [-0.3, -0.25) is 0 Å². The van der Waals surface area contributed by atoms with Crippen molar-refractivity contribution >= 4 is 5.97 Å². The van der Waals surface area contributed by atoms with Crippen molar-refractivity contribution in [3.63, 3.8) is 0 Å². The van der Waals surface area contributed by atoms with Gasteiger partial charge in [0, 0.05) is 6.08 Å². The second-order valence-electron chi connectivity index (χ2n) is 4.61. The Morgan fingerprint density at radius 1 is 1.25 bits per heavy atom. The lowest BCUT2D eigenvalue weighted by Crippen LogP contribution is -2.09. The second-order valence-corrected chi connectivity index (χ2v) is 4.61. The van der Waals surface area contributed by atoms with Crippen LogP contribution in [-0.4, -0.2) is 25.8 Å². The van der Waals surface area contributed by atoms with Crippen molar-refractivity contribution in [1.82, 2.24) is 0 Å². The molecule has 1 rings (SSSR count). The molecule has 0 aromatic heterocycles. The first-order valence-corrected chi connectivity index (χ1v) is 6.69. The van der Waals surface area contributed by atoms with Gasteiger partial charge in [0.05, 0.1) is 13.2 Å². The molecule has 110 valence electrons. The summed E-state index contributed by atoms with van der Waals surface area (Å²) in [6.45, 7) is 6.28. The van der Waals surface area contributed by atoms with Crippen LogP contribution in [0.3, 0.4) is 0 Å². The number of rotatable bonds is 7. The summed E-state index contributed by atoms with van der Waals surface area (Å²) in [4.78, 5) is 11.0. The fraction of sp³-hybridized carbons (Fsp3) is 0.438. The highest BCUT2D eigenvalue weighted by atomic mass is 16.5. The third-order valence-corrected chi connectivity index (χ3v) is 2.77. The quantitative estimate of drug-likeness (QED) is 0.566. The minimum Gasteiger partial charge on any atom is -0.491 e. The van der Waals surface area contributed by atoms with Gasteiger partial charge in [-0.25, -0.2) is 4.79 Å². The van der Waals surface area contributed by atoms with Gasteiger partial charge in [0.1, 0.15) is 18.1 Å². The highest BCUT2D eigenvalue weighted by molar-refractivity contribution is 5.82. The molecule has 4 heteroatoms. The Hall–Kier alpha value is -1.97. The van der Waals surface area contributed by atoms with Crippen LogP contribution in [-0.2, 0) is 9.53 Å². The van der Waals surface area contributed by atoms with E-state index in [0.29, 0.717) is 6.61 Å². The first-order chi connectivity index (χ1) is 9.55. The highest BCUT2D eigenvalue weighted by Gasteiger charge is 2.02. The third-order valence-electron chi connectivity index (χ3n) is 2.77. The molecule has 1 atom stereocenters. The summed E-state index contributed by atoms with van der Waals surface area (Å²) in [6, 6.07) is 7.45. The van der Waals surface area contributed by atoms with E-state index >= 15 is 0 Å². The summed E-state index contributed by atoms with van der Waals surface area (Å²) in [5.74, 6) is 1.19. The van der Waals surface area contributed by atoms with E-state index in [2.05, 4.69) is 11.7 Å². The minimum atomic E-state index is -0.372. The number of methoxy groups -OCH3 is 1. The second kappa shape index (κ2) is 8.25. The van der Waals surface area contributed by atoms with Crippen LogP contribution in [0.1, 0.15) is 27.2 Å². The monoisotopic (exact) mass is 278 g/mol. The molecule has 0 aliphatic heterocycles. The summed E-state index contributed by atoms with van der Waals surface area (Å²) in [5, 5.41) is 0. The van der Waals surface area contributed by atoms with Crippen LogP contribution < -0.4 is 9.47 Å².